The molecule has 0 rings (SSSR count). The molecule has 10 heavy (non-hydrogen) atoms. The number of aliphatic hydroxyl groups excluding tert-OH is 1. The normalized spacial score (nSPS) is 16.1. The summed E-state index contributed by atoms with van der Waals surface area (Å²) in [5, 5.41) is 9.12. The highest BCUT2D eigenvalue weighted by Gasteiger charge is 2.02. The Labute approximate surface area is 61.0 Å². The first kappa shape index (κ1) is 9.20. The average molecular weight is 142 g/mol. The van der Waals surface area contributed by atoms with Crippen LogP contribution in [-0.2, 0) is 0 Å². The van der Waals surface area contributed by atoms with E-state index in [9.17, 15) is 0 Å². The van der Waals surface area contributed by atoms with Crippen LogP contribution in [0, 0.1) is 0 Å². The van der Waals surface area contributed by atoms with Gasteiger partial charge in [-0.25, -0.2) is 0 Å². The van der Waals surface area contributed by atoms with Gasteiger partial charge in [-0.05, 0) is 18.7 Å². The Balaban J connectivity index is 4.08. The molecule has 0 aromatic carbocycles. The fraction of sp³-hybridized carbons (Fsp3) is 0.429. The smallest absolute Gasteiger partial charge is 0.0925 e. The first-order valence-corrected chi connectivity index (χ1v) is 3.18. The fourth-order valence-electron chi connectivity index (χ4n) is 0.606. The van der Waals surface area contributed by atoms with E-state index in [0.717, 1.165) is 0 Å². The van der Waals surface area contributed by atoms with Gasteiger partial charge in [-0.2, -0.15) is 0 Å². The summed E-state index contributed by atoms with van der Waals surface area (Å²) in [5.41, 5.74) is 11.1. The van der Waals surface area contributed by atoms with Gasteiger partial charge in [-0.1, -0.05) is 12.2 Å². The van der Waals surface area contributed by atoms with Crippen molar-refractivity contribution in [3.63, 3.8) is 0 Å². The molecule has 0 radical (unpaired) electrons. The number of hydrogen-bond donors (Lipinski definition) is 3. The second-order valence-electron chi connectivity index (χ2n) is 1.92. The Morgan fingerprint density at radius 1 is 1.70 bits per heavy atom. The van der Waals surface area contributed by atoms with E-state index in [4.69, 9.17) is 16.6 Å². The Bertz CT molecular complexity index is 141. The van der Waals surface area contributed by atoms with Gasteiger partial charge in [-0.15, -0.1) is 0 Å². The molecule has 0 aliphatic rings. The Hall–Kier alpha value is -0.800. The van der Waals surface area contributed by atoms with Crippen LogP contribution in [0.4, 0.5) is 0 Å². The van der Waals surface area contributed by atoms with E-state index in [-0.39, 0.29) is 6.54 Å². The third-order valence-corrected chi connectivity index (χ3v) is 1.16. The number of hydrogen-bond acceptors (Lipinski definition) is 3. The van der Waals surface area contributed by atoms with Crippen LogP contribution in [0.25, 0.3) is 0 Å². The van der Waals surface area contributed by atoms with E-state index in [1.807, 2.05) is 6.92 Å². The lowest BCUT2D eigenvalue weighted by atomic mass is 10.1. The maximum absolute atomic E-state index is 9.12. The highest BCUT2D eigenvalue weighted by Crippen LogP contribution is 2.00. The summed E-state index contributed by atoms with van der Waals surface area (Å²) in [7, 11) is 0. The van der Waals surface area contributed by atoms with E-state index >= 15 is 0 Å². The second-order valence-corrected chi connectivity index (χ2v) is 1.92. The van der Waals surface area contributed by atoms with Crippen molar-refractivity contribution in [1.29, 1.82) is 0 Å². The third kappa shape index (κ3) is 2.66. The van der Waals surface area contributed by atoms with Gasteiger partial charge in [0.15, 0.2) is 0 Å². The molecule has 0 amide bonds. The van der Waals surface area contributed by atoms with Crippen LogP contribution in [0.5, 0.6) is 0 Å². The van der Waals surface area contributed by atoms with E-state index in [0.29, 0.717) is 5.57 Å². The van der Waals surface area contributed by atoms with E-state index in [1.54, 1.807) is 12.2 Å². The van der Waals surface area contributed by atoms with Crippen LogP contribution in [0.1, 0.15) is 6.92 Å². The maximum Gasteiger partial charge on any atom is 0.0925 e. The number of allylic oxidation sites excluding steroid dienone is 1. The lowest BCUT2D eigenvalue weighted by molar-refractivity contribution is 0.222. The summed E-state index contributed by atoms with van der Waals surface area (Å²) < 4.78 is 0. The predicted octanol–water partition coefficient (Wildman–Crippen LogP) is -0.275. The Morgan fingerprint density at radius 3 is 2.60 bits per heavy atom. The summed E-state index contributed by atoms with van der Waals surface area (Å²) >= 11 is 0. The van der Waals surface area contributed by atoms with E-state index in [2.05, 4.69) is 0 Å². The molecule has 5 N–H and O–H groups in total. The number of nitrogens with two attached hydrogens (primary N) is 2. The Kier molecular flexibility index (Phi) is 4.62. The zero-order valence-corrected chi connectivity index (χ0v) is 6.12. The average Bonchev–Trinajstić information content (AvgIpc) is 1.99. The van der Waals surface area contributed by atoms with Crippen molar-refractivity contribution in [2.24, 2.45) is 11.5 Å². The minimum absolute atomic E-state index is 0.202. The van der Waals surface area contributed by atoms with Crippen molar-refractivity contribution in [1.82, 2.24) is 0 Å². The highest BCUT2D eigenvalue weighted by molar-refractivity contribution is 5.21. The van der Waals surface area contributed by atoms with Gasteiger partial charge in [0, 0.05) is 6.54 Å². The predicted molar refractivity (Wildman–Crippen MR) is 42.1 cm³/mol. The summed E-state index contributed by atoms with van der Waals surface area (Å²) in [6, 6.07) is 0. The SMILES string of the molecule is C/C=C\C(=C/N)C(O)CN. The monoisotopic (exact) mass is 142 g/mol. The van der Waals surface area contributed by atoms with Crippen molar-refractivity contribution in [2.75, 3.05) is 6.54 Å². The summed E-state index contributed by atoms with van der Waals surface area (Å²) in [6.07, 6.45) is 4.26. The van der Waals surface area contributed by atoms with Crippen LogP contribution in [0.3, 0.4) is 0 Å². The van der Waals surface area contributed by atoms with Gasteiger partial charge in [-0.3, -0.25) is 0 Å². The minimum Gasteiger partial charge on any atom is -0.404 e. The van der Waals surface area contributed by atoms with Gasteiger partial charge >= 0.3 is 0 Å². The molecule has 3 nitrogen and oxygen atoms in total. The fourth-order valence-corrected chi connectivity index (χ4v) is 0.606. The lowest BCUT2D eigenvalue weighted by Crippen LogP contribution is -2.21. The maximum atomic E-state index is 9.12. The molecular formula is C7H14N2O. The number of aliphatic hydroxyl groups is 1. The standard InChI is InChI=1S/C7H14N2O/c1-2-3-6(4-8)7(10)5-9/h2-4,7,10H,5,8-9H2,1H3/b3-2-,6-4+. The summed E-state index contributed by atoms with van der Waals surface area (Å²) in [5.74, 6) is 0. The molecular weight excluding hydrogens is 128 g/mol. The molecule has 0 saturated heterocycles. The molecule has 0 saturated carbocycles. The van der Waals surface area contributed by atoms with Crippen molar-refractivity contribution in [3.05, 3.63) is 23.9 Å². The molecule has 0 bridgehead atoms. The minimum atomic E-state index is -0.638. The van der Waals surface area contributed by atoms with Gasteiger partial charge in [0.1, 0.15) is 0 Å². The topological polar surface area (TPSA) is 72.3 Å². The van der Waals surface area contributed by atoms with Crippen LogP contribution in [0.15, 0.2) is 23.9 Å². The molecule has 0 aliphatic carbocycles. The molecule has 3 heteroatoms. The lowest BCUT2D eigenvalue weighted by Gasteiger charge is -2.06. The van der Waals surface area contributed by atoms with Gasteiger partial charge < -0.3 is 16.6 Å². The quantitative estimate of drug-likeness (QED) is 0.475. The van der Waals surface area contributed by atoms with E-state index < -0.39 is 6.10 Å². The zero-order valence-electron chi connectivity index (χ0n) is 6.12. The number of rotatable bonds is 3. The molecule has 0 spiro atoms. The molecule has 1 unspecified atom stereocenters. The first-order valence-electron chi connectivity index (χ1n) is 3.18. The van der Waals surface area contributed by atoms with Gasteiger partial charge in [0.25, 0.3) is 0 Å². The van der Waals surface area contributed by atoms with Gasteiger partial charge in [0.05, 0.1) is 6.10 Å². The van der Waals surface area contributed by atoms with Crippen LogP contribution in [-0.4, -0.2) is 17.8 Å². The molecule has 1 atom stereocenters. The molecule has 58 valence electrons. The molecule has 0 aliphatic heterocycles. The van der Waals surface area contributed by atoms with E-state index in [1.165, 1.54) is 6.20 Å². The van der Waals surface area contributed by atoms with Crippen molar-refractivity contribution < 1.29 is 5.11 Å². The van der Waals surface area contributed by atoms with Gasteiger partial charge in [0.2, 0.25) is 0 Å². The Morgan fingerprint density at radius 2 is 2.30 bits per heavy atom. The molecule has 0 heterocycles. The second kappa shape index (κ2) is 5.02. The zero-order chi connectivity index (χ0) is 7.98. The van der Waals surface area contributed by atoms with Crippen LogP contribution < -0.4 is 11.5 Å². The molecule has 0 aromatic heterocycles. The highest BCUT2D eigenvalue weighted by atomic mass is 16.3. The molecule has 0 fully saturated rings. The van der Waals surface area contributed by atoms with Crippen molar-refractivity contribution >= 4 is 0 Å². The first-order chi connectivity index (χ1) is 4.76. The van der Waals surface area contributed by atoms with Crippen LogP contribution in [0.2, 0.25) is 0 Å². The third-order valence-electron chi connectivity index (χ3n) is 1.16. The summed E-state index contributed by atoms with van der Waals surface area (Å²) in [4.78, 5) is 0. The molecule has 0 aromatic rings. The van der Waals surface area contributed by atoms with Crippen molar-refractivity contribution in [3.8, 4) is 0 Å². The summed E-state index contributed by atoms with van der Waals surface area (Å²) in [6.45, 7) is 2.06. The van der Waals surface area contributed by atoms with Crippen LogP contribution >= 0.6 is 0 Å². The van der Waals surface area contributed by atoms with Crippen molar-refractivity contribution in [2.45, 2.75) is 13.0 Å². The largest absolute Gasteiger partial charge is 0.404 e.